The molecule has 4 rings (SSSR count). The van der Waals surface area contributed by atoms with Crippen LogP contribution in [0.15, 0.2) is 30.3 Å². The quantitative estimate of drug-likeness (QED) is 0.807. The average molecular weight is 417 g/mol. The predicted molar refractivity (Wildman–Crippen MR) is 104 cm³/mol. The van der Waals surface area contributed by atoms with E-state index in [1.54, 1.807) is 0 Å². The lowest BCUT2D eigenvalue weighted by molar-refractivity contribution is 0.0694. The van der Waals surface area contributed by atoms with Crippen LogP contribution in [0.3, 0.4) is 0 Å². The highest BCUT2D eigenvalue weighted by Gasteiger charge is 2.34. The Kier molecular flexibility index (Phi) is 4.88. The number of hydrogen-bond donors (Lipinski definition) is 1. The summed E-state index contributed by atoms with van der Waals surface area (Å²) < 4.78 is 39.6. The molecule has 0 bridgehead atoms. The van der Waals surface area contributed by atoms with Gasteiger partial charge >= 0.3 is 5.97 Å². The lowest BCUT2D eigenvalue weighted by atomic mass is 10.00. The van der Waals surface area contributed by atoms with Crippen molar-refractivity contribution < 1.29 is 33.0 Å². The zero-order valence-corrected chi connectivity index (χ0v) is 16.6. The molecule has 6 nitrogen and oxygen atoms in total. The number of carboxylic acids is 1. The van der Waals surface area contributed by atoms with E-state index >= 15 is 0 Å². The molecular weight excluding hydrogens is 396 g/mol. The molecule has 1 saturated heterocycles. The average Bonchev–Trinajstić information content (AvgIpc) is 3.23. The normalized spacial score (nSPS) is 19.3. The van der Waals surface area contributed by atoms with Gasteiger partial charge in [0.1, 0.15) is 34.8 Å². The zero-order chi connectivity index (χ0) is 21.6. The highest BCUT2D eigenvalue weighted by atomic mass is 19.1. The number of benzene rings is 2. The summed E-state index contributed by atoms with van der Waals surface area (Å²) in [6.07, 6.45) is -0.344. The van der Waals surface area contributed by atoms with Gasteiger partial charge in [0.05, 0.1) is 17.7 Å². The van der Waals surface area contributed by atoms with Crippen molar-refractivity contribution in [3.63, 3.8) is 0 Å². The van der Waals surface area contributed by atoms with Gasteiger partial charge in [0.15, 0.2) is 0 Å². The summed E-state index contributed by atoms with van der Waals surface area (Å²) in [5, 5.41) is 9.36. The van der Waals surface area contributed by atoms with Gasteiger partial charge in [-0.1, -0.05) is 0 Å². The molecule has 2 aromatic rings. The van der Waals surface area contributed by atoms with Gasteiger partial charge < -0.3 is 19.5 Å². The van der Waals surface area contributed by atoms with Crippen molar-refractivity contribution in [2.24, 2.45) is 0 Å². The van der Waals surface area contributed by atoms with E-state index in [-0.39, 0.29) is 42.1 Å². The Morgan fingerprint density at radius 3 is 2.67 bits per heavy atom. The molecule has 2 aliphatic rings. The number of carboxylic acid groups (broad SMARTS) is 1. The minimum atomic E-state index is -1.14. The number of alkyl halides is 1. The Labute approximate surface area is 172 Å². The Morgan fingerprint density at radius 2 is 2.03 bits per heavy atom. The van der Waals surface area contributed by atoms with Crippen molar-refractivity contribution >= 4 is 11.9 Å². The van der Waals surface area contributed by atoms with Gasteiger partial charge in [-0.25, -0.2) is 13.6 Å². The summed E-state index contributed by atoms with van der Waals surface area (Å²) in [6, 6.07) is 6.60. The fourth-order valence-electron chi connectivity index (χ4n) is 3.79. The maximum atomic E-state index is 14.6. The molecule has 0 unspecified atom stereocenters. The van der Waals surface area contributed by atoms with Gasteiger partial charge in [-0.15, -0.1) is 0 Å². The fraction of sp³-hybridized carbons (Fsp3) is 0.364. The maximum absolute atomic E-state index is 14.6. The van der Waals surface area contributed by atoms with Crippen LogP contribution in [-0.4, -0.2) is 46.7 Å². The third-order valence-electron chi connectivity index (χ3n) is 5.22. The first-order valence-electron chi connectivity index (χ1n) is 9.63. The lowest BCUT2D eigenvalue weighted by Crippen LogP contribution is -2.29. The number of carbonyl (C=O) groups is 2. The van der Waals surface area contributed by atoms with E-state index in [9.17, 15) is 23.5 Å². The van der Waals surface area contributed by atoms with Crippen LogP contribution in [0, 0.1) is 5.82 Å². The molecule has 1 amide bonds. The Hall–Kier alpha value is -3.16. The van der Waals surface area contributed by atoms with E-state index in [2.05, 4.69) is 0 Å². The van der Waals surface area contributed by atoms with Gasteiger partial charge in [-0.05, 0) is 44.5 Å². The number of nitrogens with zero attached hydrogens (tertiary/aromatic N) is 1. The van der Waals surface area contributed by atoms with Gasteiger partial charge in [-0.2, -0.15) is 0 Å². The minimum absolute atomic E-state index is 0.0106. The van der Waals surface area contributed by atoms with Crippen molar-refractivity contribution in [3.05, 3.63) is 52.8 Å². The molecule has 8 heteroatoms. The van der Waals surface area contributed by atoms with E-state index in [0.29, 0.717) is 17.7 Å². The van der Waals surface area contributed by atoms with Crippen LogP contribution in [0.4, 0.5) is 8.78 Å². The number of carbonyl (C=O) groups excluding carboxylic acids is 1. The molecule has 2 heterocycles. The molecule has 1 atom stereocenters. The SMILES string of the molecule is CC1(C)Cc2c(Oc3ccc(C(=O)N4CC[C@@H](F)C4)c(F)c3)cc(C(=O)O)cc2O1. The van der Waals surface area contributed by atoms with Gasteiger partial charge in [-0.3, -0.25) is 4.79 Å². The van der Waals surface area contributed by atoms with Crippen LogP contribution in [0.1, 0.15) is 46.5 Å². The van der Waals surface area contributed by atoms with Crippen LogP contribution in [-0.2, 0) is 6.42 Å². The number of ether oxygens (including phenoxy) is 2. The third-order valence-corrected chi connectivity index (χ3v) is 5.22. The minimum Gasteiger partial charge on any atom is -0.487 e. The number of amides is 1. The van der Waals surface area contributed by atoms with E-state index in [4.69, 9.17) is 9.47 Å². The summed E-state index contributed by atoms with van der Waals surface area (Å²) in [4.78, 5) is 25.2. The second-order valence-electron chi connectivity index (χ2n) is 8.18. The van der Waals surface area contributed by atoms with Gasteiger partial charge in [0.2, 0.25) is 0 Å². The fourth-order valence-corrected chi connectivity index (χ4v) is 3.79. The van der Waals surface area contributed by atoms with E-state index < -0.39 is 29.5 Å². The molecule has 158 valence electrons. The molecule has 0 spiro atoms. The Balaban J connectivity index is 1.62. The summed E-state index contributed by atoms with van der Waals surface area (Å²) in [6.45, 7) is 3.96. The van der Waals surface area contributed by atoms with Gasteiger partial charge in [0.25, 0.3) is 5.91 Å². The largest absolute Gasteiger partial charge is 0.487 e. The molecule has 0 radical (unpaired) electrons. The van der Waals surface area contributed by atoms with E-state index in [1.807, 2.05) is 13.8 Å². The number of likely N-dealkylation sites (tertiary alicyclic amines) is 1. The van der Waals surface area contributed by atoms with Crippen LogP contribution in [0.25, 0.3) is 0 Å². The smallest absolute Gasteiger partial charge is 0.335 e. The second-order valence-corrected chi connectivity index (χ2v) is 8.18. The van der Waals surface area contributed by atoms with E-state index in [0.717, 1.165) is 6.07 Å². The van der Waals surface area contributed by atoms with Crippen molar-refractivity contribution in [3.8, 4) is 17.2 Å². The van der Waals surface area contributed by atoms with Crippen LogP contribution in [0.5, 0.6) is 17.2 Å². The molecule has 0 aliphatic carbocycles. The van der Waals surface area contributed by atoms with Crippen LogP contribution in [0.2, 0.25) is 0 Å². The predicted octanol–water partition coefficient (Wildman–Crippen LogP) is 4.21. The molecule has 1 N–H and O–H groups in total. The lowest BCUT2D eigenvalue weighted by Gasteiger charge is -2.16. The second kappa shape index (κ2) is 7.27. The third kappa shape index (κ3) is 3.81. The van der Waals surface area contributed by atoms with Crippen molar-refractivity contribution in [2.45, 2.75) is 38.5 Å². The number of halogens is 2. The zero-order valence-electron chi connectivity index (χ0n) is 16.6. The Morgan fingerprint density at radius 1 is 1.27 bits per heavy atom. The Bertz CT molecular complexity index is 1040. The van der Waals surface area contributed by atoms with Crippen molar-refractivity contribution in [2.75, 3.05) is 13.1 Å². The highest BCUT2D eigenvalue weighted by Crippen LogP contribution is 2.43. The molecule has 1 fully saturated rings. The van der Waals surface area contributed by atoms with Crippen LogP contribution < -0.4 is 9.47 Å². The molecule has 0 saturated carbocycles. The highest BCUT2D eigenvalue weighted by molar-refractivity contribution is 5.95. The molecule has 0 aromatic heterocycles. The first-order chi connectivity index (χ1) is 14.1. The molecule has 2 aliphatic heterocycles. The van der Waals surface area contributed by atoms with Crippen molar-refractivity contribution in [1.29, 1.82) is 0 Å². The van der Waals surface area contributed by atoms with Crippen molar-refractivity contribution in [1.82, 2.24) is 4.90 Å². The van der Waals surface area contributed by atoms with Gasteiger partial charge in [0, 0.05) is 24.6 Å². The molecule has 2 aromatic carbocycles. The summed E-state index contributed by atoms with van der Waals surface area (Å²) in [5.74, 6) is -1.71. The number of aromatic carboxylic acids is 1. The topological polar surface area (TPSA) is 76.1 Å². The number of fused-ring (bicyclic) bond motifs is 1. The van der Waals surface area contributed by atoms with E-state index in [1.165, 1.54) is 29.2 Å². The summed E-state index contributed by atoms with van der Waals surface area (Å²) >= 11 is 0. The monoisotopic (exact) mass is 417 g/mol. The number of rotatable bonds is 4. The van der Waals surface area contributed by atoms with Crippen LogP contribution >= 0.6 is 0 Å². The standard InChI is InChI=1S/C22H21F2NO5/c1-22(2)10-16-18(7-12(21(27)28)8-19(16)30-22)29-14-3-4-15(17(24)9-14)20(26)25-6-5-13(23)11-25/h3-4,7-9,13H,5-6,10-11H2,1-2H3,(H,27,28)/t13-/m1/s1. The maximum Gasteiger partial charge on any atom is 0.335 e. The molecule has 30 heavy (non-hydrogen) atoms. The number of hydrogen-bond acceptors (Lipinski definition) is 4. The molecular formula is C22H21F2NO5. The first kappa shape index (κ1) is 20.1. The first-order valence-corrected chi connectivity index (χ1v) is 9.63. The summed E-state index contributed by atoms with van der Waals surface area (Å²) in [7, 11) is 0. The summed E-state index contributed by atoms with van der Waals surface area (Å²) in [5.41, 5.74) is -0.00564.